The average Bonchev–Trinajstić information content (AvgIpc) is 2.97. The van der Waals surface area contributed by atoms with Crippen LogP contribution in [0.4, 0.5) is 5.69 Å². The van der Waals surface area contributed by atoms with Gasteiger partial charge >= 0.3 is 5.97 Å². The molecule has 2 saturated heterocycles. The minimum atomic E-state index is -0.824. The summed E-state index contributed by atoms with van der Waals surface area (Å²) >= 11 is 0. The van der Waals surface area contributed by atoms with Crippen molar-refractivity contribution in [1.82, 2.24) is 4.90 Å². The molecule has 0 aliphatic carbocycles. The largest absolute Gasteiger partial charge is 0.481 e. The number of rotatable bonds is 3. The Morgan fingerprint density at radius 1 is 1.13 bits per heavy atom. The molecule has 1 aromatic rings. The molecule has 0 saturated carbocycles. The molecule has 0 aromatic heterocycles. The van der Waals surface area contributed by atoms with Crippen molar-refractivity contribution in [2.24, 2.45) is 5.92 Å². The molecule has 2 fully saturated rings. The van der Waals surface area contributed by atoms with Crippen molar-refractivity contribution < 1.29 is 19.4 Å². The summed E-state index contributed by atoms with van der Waals surface area (Å²) in [7, 11) is 0. The van der Waals surface area contributed by atoms with Crippen molar-refractivity contribution in [3.05, 3.63) is 29.8 Å². The highest BCUT2D eigenvalue weighted by Gasteiger charge is 2.38. The summed E-state index contributed by atoms with van der Waals surface area (Å²) in [6.45, 7) is 5.48. The molecule has 1 aromatic carbocycles. The third-order valence-corrected chi connectivity index (χ3v) is 4.82. The third kappa shape index (κ3) is 3.17. The second-order valence-corrected chi connectivity index (χ2v) is 6.12. The number of carboxylic acids is 1. The van der Waals surface area contributed by atoms with Gasteiger partial charge in [0, 0.05) is 36.9 Å². The summed E-state index contributed by atoms with van der Waals surface area (Å²) in [6, 6.07) is 7.29. The number of carbonyl (C=O) groups excluding carboxylic acids is 1. The Bertz CT molecular complexity index is 581. The molecule has 6 nitrogen and oxygen atoms in total. The molecule has 6 heteroatoms. The van der Waals surface area contributed by atoms with Crippen LogP contribution in [0, 0.1) is 5.92 Å². The van der Waals surface area contributed by atoms with Gasteiger partial charge in [-0.2, -0.15) is 0 Å². The molecule has 2 aliphatic heterocycles. The molecule has 1 N–H and O–H groups in total. The molecule has 23 heavy (non-hydrogen) atoms. The van der Waals surface area contributed by atoms with Gasteiger partial charge in [-0.15, -0.1) is 0 Å². The number of ether oxygens (including phenoxy) is 1. The standard InChI is InChI=1S/C17H22N2O4/c1-12-15(17(21)22)6-7-19(12)16(20)13-2-4-14(5-3-13)18-8-10-23-11-9-18/h2-5,12,15H,6-11H2,1H3,(H,21,22). The van der Waals surface area contributed by atoms with Gasteiger partial charge in [0.25, 0.3) is 5.91 Å². The molecule has 1 amide bonds. The topological polar surface area (TPSA) is 70.1 Å². The molecular weight excluding hydrogens is 296 g/mol. The highest BCUT2D eigenvalue weighted by molar-refractivity contribution is 5.95. The predicted octanol–water partition coefficient (Wildman–Crippen LogP) is 1.46. The molecule has 0 spiro atoms. The Morgan fingerprint density at radius 3 is 2.35 bits per heavy atom. The Labute approximate surface area is 135 Å². The van der Waals surface area contributed by atoms with Gasteiger partial charge in [-0.3, -0.25) is 9.59 Å². The number of hydrogen-bond donors (Lipinski definition) is 1. The van der Waals surface area contributed by atoms with E-state index >= 15 is 0 Å². The molecule has 2 unspecified atom stereocenters. The second kappa shape index (κ2) is 6.58. The van der Waals surface area contributed by atoms with Gasteiger partial charge in [-0.05, 0) is 37.6 Å². The minimum Gasteiger partial charge on any atom is -0.481 e. The molecule has 0 bridgehead atoms. The summed E-state index contributed by atoms with van der Waals surface area (Å²) in [5, 5.41) is 9.18. The third-order valence-electron chi connectivity index (χ3n) is 4.82. The first-order valence-electron chi connectivity index (χ1n) is 8.04. The van der Waals surface area contributed by atoms with Crippen molar-refractivity contribution >= 4 is 17.6 Å². The van der Waals surface area contributed by atoms with E-state index in [2.05, 4.69) is 4.90 Å². The van der Waals surface area contributed by atoms with Crippen molar-refractivity contribution in [1.29, 1.82) is 0 Å². The monoisotopic (exact) mass is 318 g/mol. The number of benzene rings is 1. The smallest absolute Gasteiger partial charge is 0.308 e. The van der Waals surface area contributed by atoms with Gasteiger partial charge in [-0.1, -0.05) is 0 Å². The second-order valence-electron chi connectivity index (χ2n) is 6.12. The number of carbonyl (C=O) groups is 2. The van der Waals surface area contributed by atoms with Crippen molar-refractivity contribution in [2.45, 2.75) is 19.4 Å². The summed E-state index contributed by atoms with van der Waals surface area (Å²) in [4.78, 5) is 27.7. The maximum absolute atomic E-state index is 12.6. The maximum atomic E-state index is 12.6. The van der Waals surface area contributed by atoms with E-state index in [-0.39, 0.29) is 11.9 Å². The highest BCUT2D eigenvalue weighted by Crippen LogP contribution is 2.26. The fraction of sp³-hybridized carbons (Fsp3) is 0.529. The van der Waals surface area contributed by atoms with Crippen molar-refractivity contribution in [3.63, 3.8) is 0 Å². The lowest BCUT2D eigenvalue weighted by molar-refractivity contribution is -0.142. The molecule has 2 atom stereocenters. The first-order chi connectivity index (χ1) is 11.1. The fourth-order valence-corrected chi connectivity index (χ4v) is 3.36. The van der Waals surface area contributed by atoms with E-state index < -0.39 is 11.9 Å². The SMILES string of the molecule is CC1C(C(=O)O)CCN1C(=O)c1ccc(N2CCOCC2)cc1. The Hall–Kier alpha value is -2.08. The number of amides is 1. The quantitative estimate of drug-likeness (QED) is 0.913. The molecular formula is C17H22N2O4. The predicted molar refractivity (Wildman–Crippen MR) is 85.7 cm³/mol. The number of carboxylic acid groups (broad SMARTS) is 1. The Morgan fingerprint density at radius 2 is 1.78 bits per heavy atom. The van der Waals surface area contributed by atoms with Gasteiger partial charge in [0.2, 0.25) is 0 Å². The van der Waals surface area contributed by atoms with Crippen LogP contribution in [0.25, 0.3) is 0 Å². The minimum absolute atomic E-state index is 0.0882. The molecule has 3 rings (SSSR count). The molecule has 0 radical (unpaired) electrons. The van der Waals surface area contributed by atoms with Crippen LogP contribution in [0.15, 0.2) is 24.3 Å². The van der Waals surface area contributed by atoms with Crippen LogP contribution in [-0.4, -0.2) is 60.8 Å². The lowest BCUT2D eigenvalue weighted by Crippen LogP contribution is -2.38. The number of likely N-dealkylation sites (tertiary alicyclic amines) is 1. The lowest BCUT2D eigenvalue weighted by atomic mass is 10.0. The van der Waals surface area contributed by atoms with Gasteiger partial charge in [0.1, 0.15) is 0 Å². The Kier molecular flexibility index (Phi) is 4.52. The lowest BCUT2D eigenvalue weighted by Gasteiger charge is -2.29. The van der Waals surface area contributed by atoms with Crippen LogP contribution in [0.2, 0.25) is 0 Å². The summed E-state index contributed by atoms with van der Waals surface area (Å²) < 4.78 is 5.34. The van der Waals surface area contributed by atoms with Crippen molar-refractivity contribution in [3.8, 4) is 0 Å². The van der Waals surface area contributed by atoms with Crippen LogP contribution in [0.3, 0.4) is 0 Å². The van der Waals surface area contributed by atoms with Gasteiger partial charge in [0.05, 0.1) is 19.1 Å². The van der Waals surface area contributed by atoms with Gasteiger partial charge < -0.3 is 19.6 Å². The van der Waals surface area contributed by atoms with E-state index in [1.807, 2.05) is 31.2 Å². The van der Waals surface area contributed by atoms with Crippen LogP contribution in [0.1, 0.15) is 23.7 Å². The van der Waals surface area contributed by atoms with Crippen LogP contribution in [-0.2, 0) is 9.53 Å². The number of nitrogens with zero attached hydrogens (tertiary/aromatic N) is 2. The zero-order valence-corrected chi connectivity index (χ0v) is 13.3. The first kappa shape index (κ1) is 15.8. The maximum Gasteiger partial charge on any atom is 0.308 e. The number of anilines is 1. The fourth-order valence-electron chi connectivity index (χ4n) is 3.36. The van der Waals surface area contributed by atoms with Crippen LogP contribution >= 0.6 is 0 Å². The van der Waals surface area contributed by atoms with Crippen LogP contribution < -0.4 is 4.90 Å². The van der Waals surface area contributed by atoms with E-state index in [1.165, 1.54) is 0 Å². The van der Waals surface area contributed by atoms with Crippen molar-refractivity contribution in [2.75, 3.05) is 37.7 Å². The Balaban J connectivity index is 1.69. The molecule has 2 aliphatic rings. The number of aliphatic carboxylic acids is 1. The summed E-state index contributed by atoms with van der Waals surface area (Å²) in [5.41, 5.74) is 1.70. The van der Waals surface area contributed by atoms with Gasteiger partial charge in [-0.25, -0.2) is 0 Å². The summed E-state index contributed by atoms with van der Waals surface area (Å²) in [6.07, 6.45) is 0.522. The summed E-state index contributed by atoms with van der Waals surface area (Å²) in [5.74, 6) is -1.38. The average molecular weight is 318 g/mol. The van der Waals surface area contributed by atoms with E-state index in [1.54, 1.807) is 4.90 Å². The number of hydrogen-bond acceptors (Lipinski definition) is 4. The first-order valence-corrected chi connectivity index (χ1v) is 8.04. The molecule has 124 valence electrons. The van der Waals surface area contributed by atoms with Crippen LogP contribution in [0.5, 0.6) is 0 Å². The van der Waals surface area contributed by atoms with E-state index in [4.69, 9.17) is 4.74 Å². The molecule has 2 heterocycles. The zero-order valence-electron chi connectivity index (χ0n) is 13.3. The number of morpholine rings is 1. The van der Waals surface area contributed by atoms with E-state index in [9.17, 15) is 14.7 Å². The highest BCUT2D eigenvalue weighted by atomic mass is 16.5. The normalized spacial score (nSPS) is 24.7. The zero-order chi connectivity index (χ0) is 16.4. The van der Waals surface area contributed by atoms with E-state index in [0.29, 0.717) is 18.5 Å². The van der Waals surface area contributed by atoms with Gasteiger partial charge in [0.15, 0.2) is 0 Å². The van der Waals surface area contributed by atoms with E-state index in [0.717, 1.165) is 32.0 Å².